The summed E-state index contributed by atoms with van der Waals surface area (Å²) in [6, 6.07) is 3.20. The van der Waals surface area contributed by atoms with E-state index in [0.717, 1.165) is 0 Å². The number of azide groups is 1. The number of nitrogens with one attached hydrogen (secondary N) is 1. The maximum absolute atomic E-state index is 13.6. The number of hydrogen-bond donors (Lipinski definition) is 4. The third-order valence-corrected chi connectivity index (χ3v) is 12.8. The second-order valence-electron chi connectivity index (χ2n) is 15.9. The number of fused-ring (bicyclic) bond motifs is 4. The number of rotatable bonds is 13. The maximum Gasteiger partial charge on any atom is 0.300 e. The van der Waals surface area contributed by atoms with Gasteiger partial charge in [-0.1, -0.05) is 17.3 Å². The van der Waals surface area contributed by atoms with Crippen molar-refractivity contribution in [1.29, 1.82) is 0 Å². The van der Waals surface area contributed by atoms with Crippen molar-refractivity contribution >= 4 is 58.7 Å². The van der Waals surface area contributed by atoms with Gasteiger partial charge >= 0.3 is 0 Å². The zero-order valence-electron chi connectivity index (χ0n) is 32.5. The molecule has 0 bridgehead atoms. The van der Waals surface area contributed by atoms with Crippen LogP contribution in [0.4, 0.5) is 5.69 Å². The van der Waals surface area contributed by atoms with Gasteiger partial charge in [-0.25, -0.2) is 4.98 Å². The predicted molar refractivity (Wildman–Crippen MR) is 216 cm³/mol. The number of ether oxygens (including phenoxy) is 1. The molecule has 59 heavy (non-hydrogen) atoms. The summed E-state index contributed by atoms with van der Waals surface area (Å²) in [6.45, 7) is 7.88. The normalized spacial score (nSPS) is 17.5. The highest BCUT2D eigenvalue weighted by Crippen LogP contribution is 2.52. The molecule has 0 saturated carbocycles. The molecule has 0 atom stereocenters. The van der Waals surface area contributed by atoms with Crippen LogP contribution in [0.1, 0.15) is 75.0 Å². The van der Waals surface area contributed by atoms with E-state index in [1.165, 1.54) is 18.3 Å². The van der Waals surface area contributed by atoms with Crippen molar-refractivity contribution < 1.29 is 48.4 Å². The molecule has 3 aromatic rings. The number of aromatic nitrogens is 2. The molecule has 7 rings (SSSR count). The lowest BCUT2D eigenvalue weighted by molar-refractivity contribution is -0.119. The summed E-state index contributed by atoms with van der Waals surface area (Å²) in [6.07, 6.45) is 8.55. The van der Waals surface area contributed by atoms with Crippen LogP contribution in [-0.2, 0) is 48.1 Å². The van der Waals surface area contributed by atoms with Crippen molar-refractivity contribution in [3.8, 4) is 11.5 Å². The number of imidazole rings is 1. The van der Waals surface area contributed by atoms with Crippen LogP contribution in [0.3, 0.4) is 0 Å². The summed E-state index contributed by atoms with van der Waals surface area (Å²) < 4.78 is 116. The molecule has 0 spiro atoms. The van der Waals surface area contributed by atoms with E-state index in [4.69, 9.17) is 15.3 Å². The number of carbonyl (C=O) groups excluding carboxylic acids is 1. The van der Waals surface area contributed by atoms with Gasteiger partial charge in [0.15, 0.2) is 10.6 Å². The molecule has 19 nitrogen and oxygen atoms in total. The van der Waals surface area contributed by atoms with Gasteiger partial charge in [-0.15, -0.1) is 0 Å². The molecule has 0 radical (unpaired) electrons. The Balaban J connectivity index is 1.54. The van der Waals surface area contributed by atoms with E-state index in [1.807, 2.05) is 13.8 Å². The van der Waals surface area contributed by atoms with Gasteiger partial charge in [0, 0.05) is 70.0 Å². The number of hydrogen-bond acceptors (Lipinski definition) is 12. The average Bonchev–Trinajstić information content (AvgIpc) is 3.56. The smallest absolute Gasteiger partial charge is 0.300 e. The highest BCUT2D eigenvalue weighted by atomic mass is 32.2. The molecule has 314 valence electrons. The fraction of sp³-hybridized carbons (Fsp3) is 0.432. The molecule has 22 heteroatoms. The van der Waals surface area contributed by atoms with Crippen LogP contribution in [-0.4, -0.2) is 96.6 Å². The van der Waals surface area contributed by atoms with E-state index in [2.05, 4.69) is 25.2 Å². The fourth-order valence-electron chi connectivity index (χ4n) is 8.44. The molecular weight excluding hydrogens is 829 g/mol. The van der Waals surface area contributed by atoms with Crippen molar-refractivity contribution in [3.63, 3.8) is 0 Å². The molecule has 1 aromatic heterocycles. The zero-order chi connectivity index (χ0) is 42.9. The summed E-state index contributed by atoms with van der Waals surface area (Å²) >= 11 is 0. The maximum atomic E-state index is 13.6. The Kier molecular flexibility index (Phi) is 10.6. The molecule has 0 unspecified atom stereocenters. The molecule has 5 heterocycles. The number of aryl methyl sites for hydroxylation is 1. The third-order valence-electron chi connectivity index (χ3n) is 10.5. The Morgan fingerprint density at radius 3 is 2.32 bits per heavy atom. The zero-order valence-corrected chi connectivity index (χ0v) is 34.9. The highest BCUT2D eigenvalue weighted by molar-refractivity contribution is 7.86. The lowest BCUT2D eigenvalue weighted by atomic mass is 9.80. The molecule has 4 N–H and O–H groups in total. The van der Waals surface area contributed by atoms with E-state index in [1.54, 1.807) is 36.8 Å². The van der Waals surface area contributed by atoms with Gasteiger partial charge in [-0.3, -0.25) is 23.4 Å². The van der Waals surface area contributed by atoms with Crippen LogP contribution in [0.15, 0.2) is 51.7 Å². The topological polar surface area (TPSA) is 284 Å². The second kappa shape index (κ2) is 14.9. The summed E-state index contributed by atoms with van der Waals surface area (Å²) in [5.74, 6) is -1.81. The molecule has 0 fully saturated rings. The first kappa shape index (κ1) is 42.0. The molecule has 2 aromatic carbocycles. The Morgan fingerprint density at radius 1 is 0.966 bits per heavy atom. The van der Waals surface area contributed by atoms with Crippen molar-refractivity contribution in [2.45, 2.75) is 75.9 Å². The first-order chi connectivity index (χ1) is 27.5. The van der Waals surface area contributed by atoms with E-state index in [9.17, 15) is 43.7 Å². The molecule has 0 saturated heterocycles. The van der Waals surface area contributed by atoms with Crippen molar-refractivity contribution in [2.75, 3.05) is 36.0 Å². The van der Waals surface area contributed by atoms with Gasteiger partial charge in [-0.05, 0) is 82.2 Å². The van der Waals surface area contributed by atoms with Crippen LogP contribution in [0.5, 0.6) is 11.5 Å². The standard InChI is InChI=1S/C37H42N8O11S3/c1-36(2)16-21(19-57(47,48)49)24-14-27-29(35-40-10-13-44(35)11-6-5-9-39-28(46)18-41-43-38)26-15-25-22(20-58(50,51)52)17-37(3,4)45-12-7-8-23(31(25)45)32(26)56-33(27)34(30(24)42-36)59(53,54)55/h10,13-17H,5-9,11-12,18-20H2,1-4H3,(H,39,46)(H,47,48,49)(H,50,51,52)(H,53,54,55). The Hall–Kier alpha value is -5.09. The summed E-state index contributed by atoms with van der Waals surface area (Å²) in [5.41, 5.74) is 9.36. The Bertz CT molecular complexity index is 2910. The minimum Gasteiger partial charge on any atom is -0.454 e. The Labute approximate surface area is 340 Å². The number of carbonyl (C=O) groups is 1. The molecule has 4 aliphatic heterocycles. The summed E-state index contributed by atoms with van der Waals surface area (Å²) in [4.78, 5) is 25.3. The first-order valence-corrected chi connectivity index (χ1v) is 23.2. The minimum absolute atomic E-state index is 0.00774. The molecule has 1 amide bonds. The van der Waals surface area contributed by atoms with E-state index >= 15 is 0 Å². The van der Waals surface area contributed by atoms with Gasteiger partial charge in [0.25, 0.3) is 30.4 Å². The van der Waals surface area contributed by atoms with Gasteiger partial charge < -0.3 is 19.5 Å². The summed E-state index contributed by atoms with van der Waals surface area (Å²) in [5, 5.41) is 5.75. The van der Waals surface area contributed by atoms with Gasteiger partial charge in [0.05, 0.1) is 22.1 Å². The van der Waals surface area contributed by atoms with Crippen molar-refractivity contribution in [1.82, 2.24) is 14.9 Å². The third kappa shape index (κ3) is 8.38. The second-order valence-corrected chi connectivity index (χ2v) is 20.2. The van der Waals surface area contributed by atoms with Crippen LogP contribution < -0.4 is 25.5 Å². The number of nitrogens with zero attached hydrogens (tertiary/aromatic N) is 7. The van der Waals surface area contributed by atoms with Gasteiger partial charge in [0.2, 0.25) is 5.91 Å². The highest BCUT2D eigenvalue weighted by Gasteiger charge is 2.42. The van der Waals surface area contributed by atoms with Crippen LogP contribution in [0, 0.1) is 0 Å². The Morgan fingerprint density at radius 2 is 1.66 bits per heavy atom. The number of unbranched alkanes of at least 4 members (excludes halogenated alkanes) is 1. The molecule has 0 aliphatic carbocycles. The lowest BCUT2D eigenvalue weighted by Crippen LogP contribution is -2.48. The lowest BCUT2D eigenvalue weighted by Gasteiger charge is -2.47. The van der Waals surface area contributed by atoms with E-state index in [-0.39, 0.29) is 46.3 Å². The average molecular weight is 871 g/mol. The monoisotopic (exact) mass is 870 g/mol. The number of anilines is 1. The largest absolute Gasteiger partial charge is 0.454 e. The molecule has 4 aliphatic rings. The van der Waals surface area contributed by atoms with Crippen LogP contribution in [0.2, 0.25) is 0 Å². The van der Waals surface area contributed by atoms with E-state index in [0.29, 0.717) is 78.1 Å². The first-order valence-electron chi connectivity index (χ1n) is 18.6. The van der Waals surface area contributed by atoms with E-state index < -0.39 is 63.7 Å². The summed E-state index contributed by atoms with van der Waals surface area (Å²) in [7, 11) is -14.4. The van der Waals surface area contributed by atoms with Gasteiger partial charge in [0.1, 0.15) is 29.6 Å². The van der Waals surface area contributed by atoms with Crippen molar-refractivity contribution in [3.05, 3.63) is 85.8 Å². The van der Waals surface area contributed by atoms with Crippen LogP contribution >= 0.6 is 0 Å². The SMILES string of the molecule is CC1(C)C=C(CS(=O)(=O)O)c2cc3c(c(S(=O)(=O)O)c2=N1)Oc1c(cc2c4c1CCCN4C(C)(C)C=C2CS(=O)(=O)O)C=3c1nccn1CCCCNC(=O)CN=[N+]=[N-]. The molecular formula is C37H42N8O11S3. The van der Waals surface area contributed by atoms with Gasteiger partial charge in [-0.2, -0.15) is 25.3 Å². The van der Waals surface area contributed by atoms with Crippen molar-refractivity contribution in [2.24, 2.45) is 10.1 Å². The number of benzene rings is 2. The fourth-order valence-corrected chi connectivity index (χ4v) is 10.5. The van der Waals surface area contributed by atoms with Crippen LogP contribution in [0.25, 0.3) is 27.2 Å². The minimum atomic E-state index is -5.20. The quantitative estimate of drug-likeness (QED) is 0.0494. The predicted octanol–water partition coefficient (Wildman–Crippen LogP) is 3.19. The number of amides is 1.